The molecule has 4 heterocycles. The molecule has 1 saturated carbocycles. The third kappa shape index (κ3) is 4.99. The lowest BCUT2D eigenvalue weighted by Gasteiger charge is -2.47. The number of nitrogens with two attached hydrogens (primary N) is 1. The van der Waals surface area contributed by atoms with Crippen LogP contribution in [0.15, 0.2) is 34.2 Å². The number of nitrogens with one attached hydrogen (secondary N) is 1. The van der Waals surface area contributed by atoms with Gasteiger partial charge in [0.25, 0.3) is 11.6 Å². The Morgan fingerprint density at radius 3 is 2.51 bits per heavy atom. The van der Waals surface area contributed by atoms with Gasteiger partial charge in [-0.15, -0.1) is 0 Å². The van der Waals surface area contributed by atoms with Crippen LogP contribution in [0.25, 0.3) is 0 Å². The van der Waals surface area contributed by atoms with Gasteiger partial charge < -0.3 is 25.4 Å². The number of aromatic nitrogens is 1. The minimum absolute atomic E-state index is 0.00945. The van der Waals surface area contributed by atoms with Crippen molar-refractivity contribution in [3.05, 3.63) is 39.9 Å². The number of ether oxygens (including phenoxy) is 2. The van der Waals surface area contributed by atoms with E-state index in [4.69, 9.17) is 15.2 Å². The number of nitro groups is 1. The number of carbonyl (C=O) groups is 2. The fraction of sp³-hybridized carbons (Fsp3) is 0.519. The van der Waals surface area contributed by atoms with Crippen molar-refractivity contribution in [2.75, 3.05) is 43.1 Å². The normalized spacial score (nSPS) is 22.3. The predicted molar refractivity (Wildman–Crippen MR) is 146 cm³/mol. The van der Waals surface area contributed by atoms with Crippen molar-refractivity contribution >= 4 is 38.7 Å². The number of benzene rings is 1. The topological polar surface area (TPSA) is 184 Å². The first kappa shape index (κ1) is 27.4. The molecule has 1 amide bonds. The van der Waals surface area contributed by atoms with Crippen LogP contribution in [0.4, 0.5) is 17.2 Å². The molecular weight excluding hydrogens is 554 g/mol. The number of sulfone groups is 1. The van der Waals surface area contributed by atoms with Gasteiger partial charge in [0, 0.05) is 51.3 Å². The first-order chi connectivity index (χ1) is 19.6. The Morgan fingerprint density at radius 2 is 1.88 bits per heavy atom. The van der Waals surface area contributed by atoms with Gasteiger partial charge in [0.2, 0.25) is 9.84 Å². The van der Waals surface area contributed by atoms with E-state index in [9.17, 15) is 28.1 Å². The smallest absolute Gasteiger partial charge is 0.297 e. The Hall–Kier alpha value is -3.78. The van der Waals surface area contributed by atoms with E-state index in [-0.39, 0.29) is 46.8 Å². The lowest BCUT2D eigenvalue weighted by Crippen LogP contribution is -2.47. The molecule has 3 fully saturated rings. The molecule has 2 saturated heterocycles. The largest absolute Gasteiger partial charge is 0.489 e. The van der Waals surface area contributed by atoms with Crippen LogP contribution in [-0.2, 0) is 19.4 Å². The number of anilines is 2. The predicted octanol–water partition coefficient (Wildman–Crippen LogP) is 2.47. The number of Topliss-reactive ketones (excluding diaryl/α,β-unsaturated/α-hetero) is 1. The molecule has 0 unspecified atom stereocenters. The standard InChI is InChI=1S/C27H31N5O8S/c28-25(34)19-1-2-23(31-7-5-27(6-8-31)13-17(33)14-27)30-26(19)41(37,38)18-11-21(32(35)36)24-22(12-18)40-15-20(29-24)16-3-9-39-10-4-16/h1-2,11-12,16,20,29H,3-10,13-15H2,(H2,28,34)/t20-/m0/s1. The number of pyridine rings is 1. The molecule has 1 spiro atoms. The number of rotatable bonds is 6. The Morgan fingerprint density at radius 1 is 1.17 bits per heavy atom. The van der Waals surface area contributed by atoms with E-state index >= 15 is 0 Å². The van der Waals surface area contributed by atoms with Gasteiger partial charge in [-0.2, -0.15) is 0 Å². The summed E-state index contributed by atoms with van der Waals surface area (Å²) in [4.78, 5) is 41.1. The maximum atomic E-state index is 13.9. The number of nitro benzene ring substituents is 1. The van der Waals surface area contributed by atoms with Gasteiger partial charge in [0.05, 0.1) is 21.4 Å². The van der Waals surface area contributed by atoms with Crippen molar-refractivity contribution in [3.8, 4) is 5.75 Å². The maximum absolute atomic E-state index is 13.9. The number of carbonyl (C=O) groups excluding carboxylic acids is 2. The number of nitrogens with zero attached hydrogens (tertiary/aromatic N) is 3. The van der Waals surface area contributed by atoms with Gasteiger partial charge in [-0.05, 0) is 49.1 Å². The summed E-state index contributed by atoms with van der Waals surface area (Å²) in [7, 11) is -4.53. The van der Waals surface area contributed by atoms with Crippen LogP contribution >= 0.6 is 0 Å². The molecule has 1 atom stereocenters. The molecule has 13 nitrogen and oxygen atoms in total. The lowest BCUT2D eigenvalue weighted by molar-refractivity contribution is -0.384. The average molecular weight is 586 g/mol. The van der Waals surface area contributed by atoms with E-state index < -0.39 is 36.3 Å². The summed E-state index contributed by atoms with van der Waals surface area (Å²) in [6.45, 7) is 2.56. The van der Waals surface area contributed by atoms with Crippen molar-refractivity contribution in [2.45, 2.75) is 54.5 Å². The number of piperidine rings is 1. The zero-order valence-corrected chi connectivity index (χ0v) is 23.2. The molecule has 1 aromatic carbocycles. The third-order valence-corrected chi connectivity index (χ3v) is 10.5. The van der Waals surface area contributed by atoms with E-state index in [1.807, 2.05) is 4.90 Å². The quantitative estimate of drug-likeness (QED) is 0.375. The van der Waals surface area contributed by atoms with Crippen LogP contribution < -0.4 is 20.7 Å². The molecule has 6 rings (SSSR count). The molecule has 2 aromatic rings. The molecule has 1 aromatic heterocycles. The summed E-state index contributed by atoms with van der Waals surface area (Å²) in [6, 6.07) is 4.87. The molecule has 218 valence electrons. The van der Waals surface area contributed by atoms with Crippen LogP contribution in [0.2, 0.25) is 0 Å². The van der Waals surface area contributed by atoms with Crippen LogP contribution in [0, 0.1) is 21.4 Å². The molecule has 3 aliphatic heterocycles. The SMILES string of the molecule is NC(=O)c1ccc(N2CCC3(CC2)CC(=O)C3)nc1S(=O)(=O)c1cc2c(c([N+](=O)[O-])c1)N[C@H](C1CCOCC1)CO2. The minimum Gasteiger partial charge on any atom is -0.489 e. The van der Waals surface area contributed by atoms with E-state index in [0.717, 1.165) is 31.7 Å². The van der Waals surface area contributed by atoms with Crippen LogP contribution in [0.1, 0.15) is 48.9 Å². The van der Waals surface area contributed by atoms with E-state index in [1.54, 1.807) is 6.07 Å². The average Bonchev–Trinajstić information content (AvgIpc) is 2.96. The van der Waals surface area contributed by atoms with Crippen LogP contribution in [-0.4, -0.2) is 69.0 Å². The Bertz CT molecular complexity index is 1520. The van der Waals surface area contributed by atoms with Gasteiger partial charge in [0.1, 0.15) is 18.2 Å². The monoisotopic (exact) mass is 585 g/mol. The van der Waals surface area contributed by atoms with Gasteiger partial charge in [-0.3, -0.25) is 19.7 Å². The summed E-state index contributed by atoms with van der Waals surface area (Å²) in [5, 5.41) is 14.7. The highest BCUT2D eigenvalue weighted by Crippen LogP contribution is 2.47. The second kappa shape index (κ2) is 10.2. The number of primary amides is 1. The van der Waals surface area contributed by atoms with Crippen LogP contribution in [0.5, 0.6) is 5.75 Å². The molecule has 14 heteroatoms. The fourth-order valence-corrected chi connectivity index (χ4v) is 7.80. The van der Waals surface area contributed by atoms with Crippen molar-refractivity contribution in [2.24, 2.45) is 17.1 Å². The van der Waals surface area contributed by atoms with Crippen molar-refractivity contribution in [3.63, 3.8) is 0 Å². The number of hydrogen-bond acceptors (Lipinski definition) is 11. The van der Waals surface area contributed by atoms with Gasteiger partial charge in [0.15, 0.2) is 16.5 Å². The highest BCUT2D eigenvalue weighted by Gasteiger charge is 2.45. The summed E-state index contributed by atoms with van der Waals surface area (Å²) in [6.07, 6.45) is 4.25. The first-order valence-electron chi connectivity index (χ1n) is 13.7. The second-order valence-corrected chi connectivity index (χ2v) is 13.2. The highest BCUT2D eigenvalue weighted by molar-refractivity contribution is 7.91. The fourth-order valence-electron chi connectivity index (χ4n) is 6.37. The van der Waals surface area contributed by atoms with Crippen molar-refractivity contribution in [1.29, 1.82) is 0 Å². The van der Waals surface area contributed by atoms with Gasteiger partial charge >= 0.3 is 0 Å². The summed E-state index contributed by atoms with van der Waals surface area (Å²) >= 11 is 0. The molecular formula is C27H31N5O8S. The van der Waals surface area contributed by atoms with Crippen molar-refractivity contribution < 1.29 is 32.4 Å². The maximum Gasteiger partial charge on any atom is 0.297 e. The third-order valence-electron chi connectivity index (χ3n) is 8.80. The molecule has 41 heavy (non-hydrogen) atoms. The number of amides is 1. The Balaban J connectivity index is 1.33. The number of ketones is 1. The van der Waals surface area contributed by atoms with Crippen molar-refractivity contribution in [1.82, 2.24) is 4.98 Å². The highest BCUT2D eigenvalue weighted by atomic mass is 32.2. The number of hydrogen-bond donors (Lipinski definition) is 2. The lowest BCUT2D eigenvalue weighted by atomic mass is 9.62. The van der Waals surface area contributed by atoms with E-state index in [1.165, 1.54) is 12.1 Å². The summed E-state index contributed by atoms with van der Waals surface area (Å²) in [5.41, 5.74) is 4.89. The zero-order chi connectivity index (χ0) is 28.9. The number of fused-ring (bicyclic) bond motifs is 1. The molecule has 1 aliphatic carbocycles. The van der Waals surface area contributed by atoms with Gasteiger partial charge in [-0.25, -0.2) is 13.4 Å². The van der Waals surface area contributed by atoms with E-state index in [0.29, 0.717) is 45.0 Å². The van der Waals surface area contributed by atoms with E-state index in [2.05, 4.69) is 10.3 Å². The summed E-state index contributed by atoms with van der Waals surface area (Å²) < 4.78 is 39.1. The Kier molecular flexibility index (Phi) is 6.85. The second-order valence-electron chi connectivity index (χ2n) is 11.4. The Labute approximate surface area is 236 Å². The first-order valence-corrected chi connectivity index (χ1v) is 15.2. The molecule has 0 radical (unpaired) electrons. The minimum atomic E-state index is -4.53. The summed E-state index contributed by atoms with van der Waals surface area (Å²) in [5.74, 6) is -0.154. The van der Waals surface area contributed by atoms with Crippen LogP contribution in [0.3, 0.4) is 0 Å². The molecule has 3 N–H and O–H groups in total. The zero-order valence-electron chi connectivity index (χ0n) is 22.3. The van der Waals surface area contributed by atoms with Gasteiger partial charge in [-0.1, -0.05) is 0 Å². The molecule has 0 bridgehead atoms. The molecule has 4 aliphatic rings.